The van der Waals surface area contributed by atoms with E-state index in [2.05, 4.69) is 15.6 Å². The summed E-state index contributed by atoms with van der Waals surface area (Å²) in [6, 6.07) is 11.6. The number of fused-ring (bicyclic) bond motifs is 1. The van der Waals surface area contributed by atoms with E-state index in [1.165, 1.54) is 24.3 Å². The second-order valence-corrected chi connectivity index (χ2v) is 7.18. The SMILES string of the molecule is O=C(NC(=S)Nc1ccc2oc(-c3cc(F)c(F)cc3Cl)nc2c1)c1ccc(F)cc1. The largest absolute Gasteiger partial charge is 0.436 e. The zero-order chi connectivity index (χ0) is 22.1. The Labute approximate surface area is 183 Å². The number of carbonyl (C=O) groups excluding carboxylic acids is 1. The number of halogens is 4. The van der Waals surface area contributed by atoms with Gasteiger partial charge in [0.05, 0.1) is 10.6 Å². The zero-order valence-electron chi connectivity index (χ0n) is 15.4. The molecule has 0 saturated heterocycles. The van der Waals surface area contributed by atoms with Gasteiger partial charge in [-0.1, -0.05) is 11.6 Å². The van der Waals surface area contributed by atoms with Gasteiger partial charge in [0.25, 0.3) is 5.91 Å². The quantitative estimate of drug-likeness (QED) is 0.303. The number of thiocarbonyl (C=S) groups is 1. The van der Waals surface area contributed by atoms with Gasteiger partial charge in [0.2, 0.25) is 5.89 Å². The highest BCUT2D eigenvalue weighted by atomic mass is 35.5. The van der Waals surface area contributed by atoms with Crippen molar-refractivity contribution in [2.24, 2.45) is 0 Å². The summed E-state index contributed by atoms with van der Waals surface area (Å²) in [6.07, 6.45) is 0. The monoisotopic (exact) mass is 461 g/mol. The highest BCUT2D eigenvalue weighted by Gasteiger charge is 2.16. The molecule has 0 fully saturated rings. The van der Waals surface area contributed by atoms with E-state index in [4.69, 9.17) is 28.2 Å². The molecule has 1 aromatic heterocycles. The maximum atomic E-state index is 13.6. The first-order valence-corrected chi connectivity index (χ1v) is 9.52. The van der Waals surface area contributed by atoms with Gasteiger partial charge in [0.15, 0.2) is 22.3 Å². The molecule has 0 saturated carbocycles. The van der Waals surface area contributed by atoms with Crippen LogP contribution in [-0.2, 0) is 0 Å². The highest BCUT2D eigenvalue weighted by molar-refractivity contribution is 7.80. The molecule has 0 aliphatic heterocycles. The van der Waals surface area contributed by atoms with Crippen molar-refractivity contribution in [3.8, 4) is 11.5 Å². The van der Waals surface area contributed by atoms with Crippen LogP contribution < -0.4 is 10.6 Å². The number of rotatable bonds is 3. The summed E-state index contributed by atoms with van der Waals surface area (Å²) < 4.78 is 45.4. The predicted octanol–water partition coefficient (Wildman–Crippen LogP) is 5.69. The topological polar surface area (TPSA) is 67.2 Å². The number of amides is 1. The van der Waals surface area contributed by atoms with Crippen molar-refractivity contribution in [2.45, 2.75) is 0 Å². The Morgan fingerprint density at radius 1 is 1.00 bits per heavy atom. The fourth-order valence-corrected chi connectivity index (χ4v) is 3.19. The summed E-state index contributed by atoms with van der Waals surface area (Å²) in [5, 5.41) is 5.28. The van der Waals surface area contributed by atoms with E-state index in [-0.39, 0.29) is 27.2 Å². The van der Waals surface area contributed by atoms with Crippen LogP contribution in [0.25, 0.3) is 22.6 Å². The molecule has 3 aromatic carbocycles. The molecular formula is C21H11ClF3N3O2S. The highest BCUT2D eigenvalue weighted by Crippen LogP contribution is 2.32. The van der Waals surface area contributed by atoms with Crippen molar-refractivity contribution in [3.63, 3.8) is 0 Å². The molecule has 156 valence electrons. The summed E-state index contributed by atoms with van der Waals surface area (Å²) in [4.78, 5) is 16.4. The molecule has 1 heterocycles. The molecule has 4 rings (SSSR count). The minimum atomic E-state index is -1.08. The van der Waals surface area contributed by atoms with Crippen LogP contribution in [0.1, 0.15) is 10.4 Å². The first-order valence-electron chi connectivity index (χ1n) is 8.73. The van der Waals surface area contributed by atoms with Crippen LogP contribution in [0.15, 0.2) is 59.0 Å². The van der Waals surface area contributed by atoms with Crippen LogP contribution in [0.2, 0.25) is 5.02 Å². The van der Waals surface area contributed by atoms with Crippen molar-refractivity contribution < 1.29 is 22.4 Å². The van der Waals surface area contributed by atoms with Crippen molar-refractivity contribution >= 4 is 51.6 Å². The first-order chi connectivity index (χ1) is 14.8. The molecule has 4 aromatic rings. The van der Waals surface area contributed by atoms with Gasteiger partial charge in [-0.3, -0.25) is 10.1 Å². The molecule has 10 heteroatoms. The van der Waals surface area contributed by atoms with E-state index in [9.17, 15) is 18.0 Å². The minimum absolute atomic E-state index is 0.0149. The van der Waals surface area contributed by atoms with Gasteiger partial charge < -0.3 is 9.73 Å². The molecule has 0 spiro atoms. The molecule has 31 heavy (non-hydrogen) atoms. The Morgan fingerprint density at radius 2 is 1.71 bits per heavy atom. The number of anilines is 1. The lowest BCUT2D eigenvalue weighted by molar-refractivity contribution is 0.0977. The van der Waals surface area contributed by atoms with Crippen molar-refractivity contribution in [1.29, 1.82) is 0 Å². The van der Waals surface area contributed by atoms with Gasteiger partial charge in [0, 0.05) is 11.3 Å². The fourth-order valence-electron chi connectivity index (χ4n) is 2.75. The van der Waals surface area contributed by atoms with E-state index < -0.39 is 23.4 Å². The van der Waals surface area contributed by atoms with Gasteiger partial charge >= 0.3 is 0 Å². The van der Waals surface area contributed by atoms with Crippen molar-refractivity contribution in [2.75, 3.05) is 5.32 Å². The Morgan fingerprint density at radius 3 is 2.45 bits per heavy atom. The van der Waals surface area contributed by atoms with Gasteiger partial charge in [0.1, 0.15) is 11.3 Å². The lowest BCUT2D eigenvalue weighted by Gasteiger charge is -2.09. The molecule has 0 unspecified atom stereocenters. The smallest absolute Gasteiger partial charge is 0.257 e. The Hall–Kier alpha value is -3.43. The van der Waals surface area contributed by atoms with E-state index >= 15 is 0 Å². The van der Waals surface area contributed by atoms with Crippen LogP contribution in [0.3, 0.4) is 0 Å². The lowest BCUT2D eigenvalue weighted by atomic mass is 10.2. The van der Waals surface area contributed by atoms with Crippen LogP contribution in [-0.4, -0.2) is 16.0 Å². The molecule has 0 aliphatic rings. The molecular weight excluding hydrogens is 451 g/mol. The average molecular weight is 462 g/mol. The summed E-state index contributed by atoms with van der Waals surface area (Å²) >= 11 is 11.1. The first kappa shape index (κ1) is 20.8. The number of benzene rings is 3. The Kier molecular flexibility index (Phi) is 5.62. The summed E-state index contributed by atoms with van der Waals surface area (Å²) in [5.74, 6) is -3.10. The number of nitrogens with one attached hydrogen (secondary N) is 2. The Balaban J connectivity index is 1.52. The van der Waals surface area contributed by atoms with E-state index in [0.717, 1.165) is 12.1 Å². The van der Waals surface area contributed by atoms with Crippen molar-refractivity contribution in [1.82, 2.24) is 10.3 Å². The zero-order valence-corrected chi connectivity index (χ0v) is 17.0. The van der Waals surface area contributed by atoms with Crippen molar-refractivity contribution in [3.05, 3.63) is 82.6 Å². The van der Waals surface area contributed by atoms with Crippen LogP contribution in [0, 0.1) is 17.5 Å². The minimum Gasteiger partial charge on any atom is -0.436 e. The number of carbonyl (C=O) groups is 1. The molecule has 0 radical (unpaired) electrons. The second-order valence-electron chi connectivity index (χ2n) is 6.36. The van der Waals surface area contributed by atoms with Crippen LogP contribution >= 0.6 is 23.8 Å². The third-order valence-corrected chi connectivity index (χ3v) is 4.74. The number of hydrogen-bond acceptors (Lipinski definition) is 4. The number of nitrogens with zero attached hydrogens (tertiary/aromatic N) is 1. The molecule has 0 atom stereocenters. The second kappa shape index (κ2) is 8.37. The standard InChI is InChI=1S/C21H11ClF3N3O2S/c22-14-9-16(25)15(24)8-13(14)20-27-17-7-12(5-6-18(17)30-20)26-21(31)28-19(29)10-1-3-11(23)4-2-10/h1-9H,(H2,26,28,29,31). The average Bonchev–Trinajstić information content (AvgIpc) is 3.14. The maximum absolute atomic E-state index is 13.6. The van der Waals surface area contributed by atoms with E-state index in [1.807, 2.05) is 0 Å². The fraction of sp³-hybridized carbons (Fsp3) is 0. The van der Waals surface area contributed by atoms with Crippen LogP contribution in [0.5, 0.6) is 0 Å². The number of hydrogen-bond donors (Lipinski definition) is 2. The molecule has 1 amide bonds. The number of oxazole rings is 1. The van der Waals surface area contributed by atoms with Gasteiger partial charge in [-0.25, -0.2) is 18.2 Å². The maximum Gasteiger partial charge on any atom is 0.257 e. The molecule has 0 aliphatic carbocycles. The normalized spacial score (nSPS) is 10.8. The third-order valence-electron chi connectivity index (χ3n) is 4.22. The summed E-state index contributed by atoms with van der Waals surface area (Å²) in [7, 11) is 0. The van der Waals surface area contributed by atoms with Gasteiger partial charge in [-0.2, -0.15) is 0 Å². The summed E-state index contributed by atoms with van der Waals surface area (Å²) in [5.41, 5.74) is 1.61. The molecule has 0 bridgehead atoms. The van der Waals surface area contributed by atoms with Gasteiger partial charge in [-0.05, 0) is 66.8 Å². The summed E-state index contributed by atoms with van der Waals surface area (Å²) in [6.45, 7) is 0. The third kappa shape index (κ3) is 4.52. The van der Waals surface area contributed by atoms with E-state index in [0.29, 0.717) is 16.8 Å². The predicted molar refractivity (Wildman–Crippen MR) is 114 cm³/mol. The molecule has 5 nitrogen and oxygen atoms in total. The van der Waals surface area contributed by atoms with E-state index in [1.54, 1.807) is 18.2 Å². The Bertz CT molecular complexity index is 1330. The molecule has 2 N–H and O–H groups in total. The number of aromatic nitrogens is 1. The van der Waals surface area contributed by atoms with Crippen LogP contribution in [0.4, 0.5) is 18.9 Å². The van der Waals surface area contributed by atoms with Gasteiger partial charge in [-0.15, -0.1) is 0 Å². The lowest BCUT2D eigenvalue weighted by Crippen LogP contribution is -2.34.